The second-order valence-corrected chi connectivity index (χ2v) is 7.98. The Morgan fingerprint density at radius 3 is 2.71 bits per heavy atom. The molecule has 3 amide bonds. The number of nitrogens with two attached hydrogens (primary N) is 1. The molecule has 0 saturated carbocycles. The van der Waals surface area contributed by atoms with Crippen molar-refractivity contribution in [1.29, 1.82) is 0 Å². The van der Waals surface area contributed by atoms with E-state index in [1.807, 2.05) is 36.4 Å². The van der Waals surface area contributed by atoms with E-state index in [0.29, 0.717) is 21.8 Å². The summed E-state index contributed by atoms with van der Waals surface area (Å²) in [4.78, 5) is 31.7. The van der Waals surface area contributed by atoms with E-state index in [1.54, 1.807) is 23.7 Å². The number of amides is 3. The zero-order chi connectivity index (χ0) is 24.1. The Balaban J connectivity index is 1.57. The topological polar surface area (TPSA) is 139 Å². The Morgan fingerprint density at radius 2 is 2.00 bits per heavy atom. The predicted molar refractivity (Wildman–Crippen MR) is 129 cm³/mol. The molecule has 2 aromatic carbocycles. The van der Waals surface area contributed by atoms with E-state index < -0.39 is 18.2 Å². The Kier molecular flexibility index (Phi) is 6.57. The normalized spacial score (nSPS) is 11.4. The van der Waals surface area contributed by atoms with Crippen LogP contribution in [-0.2, 0) is 4.74 Å². The Morgan fingerprint density at radius 1 is 1.21 bits per heavy atom. The van der Waals surface area contributed by atoms with Crippen molar-refractivity contribution in [2.45, 2.75) is 6.04 Å². The molecule has 0 aliphatic carbocycles. The van der Waals surface area contributed by atoms with E-state index >= 15 is 0 Å². The van der Waals surface area contributed by atoms with Crippen LogP contribution in [0.3, 0.4) is 0 Å². The minimum absolute atomic E-state index is 0.0571. The Bertz CT molecular complexity index is 1390. The second-order valence-electron chi connectivity index (χ2n) is 7.12. The van der Waals surface area contributed by atoms with Gasteiger partial charge in [0.25, 0.3) is 0 Å². The number of urea groups is 1. The van der Waals surface area contributed by atoms with Gasteiger partial charge in [0, 0.05) is 11.6 Å². The number of thiazole rings is 1. The van der Waals surface area contributed by atoms with Gasteiger partial charge in [-0.2, -0.15) is 0 Å². The van der Waals surface area contributed by atoms with Gasteiger partial charge in [-0.3, -0.25) is 5.32 Å². The first-order valence-electron chi connectivity index (χ1n) is 10.0. The molecule has 9 nitrogen and oxygen atoms in total. The number of aromatic hydroxyl groups is 1. The number of fused-ring (bicyclic) bond motifs is 1. The number of carbonyl (C=O) groups excluding carboxylic acids is 2. The molecule has 0 unspecified atom stereocenters. The van der Waals surface area contributed by atoms with Crippen LogP contribution in [0.1, 0.15) is 16.6 Å². The number of rotatable bonds is 6. The molecule has 0 bridgehead atoms. The van der Waals surface area contributed by atoms with Crippen molar-refractivity contribution < 1.29 is 19.4 Å². The predicted octanol–water partition coefficient (Wildman–Crippen LogP) is 4.00. The molecule has 4 aromatic rings. The summed E-state index contributed by atoms with van der Waals surface area (Å²) >= 11 is 1.22. The minimum atomic E-state index is -0.958. The molecule has 10 heteroatoms. The maximum atomic E-state index is 12.5. The molecule has 2 heterocycles. The number of nitrogens with one attached hydrogen (secondary N) is 2. The van der Waals surface area contributed by atoms with Crippen molar-refractivity contribution in [3.63, 3.8) is 0 Å². The Hall–Kier alpha value is -4.62. The van der Waals surface area contributed by atoms with Gasteiger partial charge in [-0.15, -0.1) is 17.8 Å². The van der Waals surface area contributed by atoms with Gasteiger partial charge in [-0.25, -0.2) is 19.6 Å². The van der Waals surface area contributed by atoms with Crippen molar-refractivity contribution >= 4 is 40.1 Å². The van der Waals surface area contributed by atoms with Crippen LogP contribution in [0.5, 0.6) is 5.88 Å². The molecule has 0 fully saturated rings. The first-order chi connectivity index (χ1) is 16.4. The summed E-state index contributed by atoms with van der Waals surface area (Å²) in [6.45, 7) is -0.173. The highest BCUT2D eigenvalue weighted by Crippen LogP contribution is 2.33. The smallest absolute Gasteiger partial charge is 0.404 e. The van der Waals surface area contributed by atoms with Crippen LogP contribution < -0.4 is 16.4 Å². The summed E-state index contributed by atoms with van der Waals surface area (Å²) in [6.07, 6.45) is 5.89. The molecule has 0 aliphatic rings. The number of hydrogen-bond donors (Lipinski definition) is 4. The number of aromatic nitrogens is 2. The van der Waals surface area contributed by atoms with Gasteiger partial charge in [-0.1, -0.05) is 42.5 Å². The molecule has 5 N–H and O–H groups in total. The maximum Gasteiger partial charge on any atom is 0.404 e. The highest BCUT2D eigenvalue weighted by Gasteiger charge is 2.18. The third-order valence-corrected chi connectivity index (χ3v) is 5.74. The van der Waals surface area contributed by atoms with Crippen LogP contribution in [0.25, 0.3) is 21.9 Å². The number of terminal acetylenes is 1. The third-order valence-electron chi connectivity index (χ3n) is 4.96. The van der Waals surface area contributed by atoms with Crippen molar-refractivity contribution in [3.8, 4) is 29.4 Å². The fourth-order valence-corrected chi connectivity index (χ4v) is 4.00. The number of nitrogens with zero attached hydrogens (tertiary/aromatic N) is 2. The number of ether oxygens (including phenoxy) is 1. The molecular formula is C24H19N5O4S. The van der Waals surface area contributed by atoms with Gasteiger partial charge in [0.15, 0.2) is 5.01 Å². The number of benzene rings is 2. The summed E-state index contributed by atoms with van der Waals surface area (Å²) in [6, 6.07) is 13.5. The Labute approximate surface area is 198 Å². The minimum Gasteiger partial charge on any atom is -0.493 e. The molecule has 2 aromatic heterocycles. The quantitative estimate of drug-likeness (QED) is 0.312. The highest BCUT2D eigenvalue weighted by atomic mass is 32.1. The van der Waals surface area contributed by atoms with Crippen LogP contribution in [0.4, 0.5) is 15.4 Å². The zero-order valence-corrected chi connectivity index (χ0v) is 18.5. The summed E-state index contributed by atoms with van der Waals surface area (Å²) < 4.78 is 4.93. The molecule has 0 spiro atoms. The number of primary amides is 1. The van der Waals surface area contributed by atoms with Crippen LogP contribution in [0, 0.1) is 12.3 Å². The van der Waals surface area contributed by atoms with Crippen molar-refractivity contribution in [2.24, 2.45) is 5.73 Å². The first kappa shape index (κ1) is 22.6. The summed E-state index contributed by atoms with van der Waals surface area (Å²) in [5, 5.41) is 19.2. The van der Waals surface area contributed by atoms with Gasteiger partial charge in [-0.05, 0) is 34.1 Å². The van der Waals surface area contributed by atoms with Crippen LogP contribution in [0.15, 0.2) is 60.1 Å². The largest absolute Gasteiger partial charge is 0.493 e. The fourth-order valence-electron chi connectivity index (χ4n) is 3.44. The molecule has 0 saturated heterocycles. The molecule has 170 valence electrons. The zero-order valence-electron chi connectivity index (χ0n) is 17.7. The van der Waals surface area contributed by atoms with E-state index in [-0.39, 0.29) is 12.5 Å². The summed E-state index contributed by atoms with van der Waals surface area (Å²) in [5.74, 6) is 2.65. The average molecular weight is 474 g/mol. The van der Waals surface area contributed by atoms with Gasteiger partial charge in [0.1, 0.15) is 12.4 Å². The van der Waals surface area contributed by atoms with Crippen LogP contribution >= 0.6 is 11.3 Å². The van der Waals surface area contributed by atoms with E-state index in [0.717, 1.165) is 16.5 Å². The van der Waals surface area contributed by atoms with E-state index in [1.165, 1.54) is 11.3 Å². The van der Waals surface area contributed by atoms with Crippen molar-refractivity contribution in [1.82, 2.24) is 15.3 Å². The first-order valence-corrected chi connectivity index (χ1v) is 10.9. The number of carbonyl (C=O) groups is 2. The maximum absolute atomic E-state index is 12.5. The summed E-state index contributed by atoms with van der Waals surface area (Å²) in [7, 11) is 0. The molecule has 34 heavy (non-hydrogen) atoms. The number of pyridine rings is 1. The van der Waals surface area contributed by atoms with Gasteiger partial charge < -0.3 is 20.9 Å². The molecule has 1 atom stereocenters. The standard InChI is InChI=1S/C24H19N5O4S/c1-2-20-28-19(13-34-20)29-24(32)27-18(12-33-23(25)31)15-8-6-14(7-9-15)17-5-3-4-16-10-11-26-22(30)21(16)17/h1,3-11,13,18H,12H2,(H2,25,31)(H,26,30)(H2,27,29,32)/t18-/m0/s1. The SMILES string of the molecule is C#Cc1nc(NC(=O)N[C@@H](COC(N)=O)c2ccc(-c3cccc4ccnc(O)c34)cc2)cs1. The van der Waals surface area contributed by atoms with Crippen LogP contribution in [0.2, 0.25) is 0 Å². The molecule has 4 rings (SSSR count). The molecular weight excluding hydrogens is 454 g/mol. The van der Waals surface area contributed by atoms with Crippen LogP contribution in [-0.4, -0.2) is 33.8 Å². The number of hydrogen-bond acceptors (Lipinski definition) is 7. The van der Waals surface area contributed by atoms with E-state index in [9.17, 15) is 14.7 Å². The lowest BCUT2D eigenvalue weighted by Gasteiger charge is -2.19. The third kappa shape index (κ3) is 5.06. The monoisotopic (exact) mass is 473 g/mol. The van der Waals surface area contributed by atoms with E-state index in [2.05, 4.69) is 26.5 Å². The number of anilines is 1. The average Bonchev–Trinajstić information content (AvgIpc) is 3.29. The second kappa shape index (κ2) is 9.89. The lowest BCUT2D eigenvalue weighted by Crippen LogP contribution is -2.36. The van der Waals surface area contributed by atoms with Gasteiger partial charge in [0.2, 0.25) is 5.88 Å². The lowest BCUT2D eigenvalue weighted by atomic mass is 9.97. The fraction of sp³-hybridized carbons (Fsp3) is 0.0833. The highest BCUT2D eigenvalue weighted by molar-refractivity contribution is 7.10. The van der Waals surface area contributed by atoms with E-state index in [4.69, 9.17) is 16.9 Å². The molecule has 0 radical (unpaired) electrons. The molecule has 0 aliphatic heterocycles. The van der Waals surface area contributed by atoms with Crippen molar-refractivity contribution in [2.75, 3.05) is 11.9 Å². The van der Waals surface area contributed by atoms with Gasteiger partial charge in [0.05, 0.1) is 11.4 Å². The lowest BCUT2D eigenvalue weighted by molar-refractivity contribution is 0.144. The van der Waals surface area contributed by atoms with Gasteiger partial charge >= 0.3 is 12.1 Å². The van der Waals surface area contributed by atoms with Crippen molar-refractivity contribution in [3.05, 3.63) is 70.7 Å². The summed E-state index contributed by atoms with van der Waals surface area (Å²) in [5.41, 5.74) is 7.42.